The van der Waals surface area contributed by atoms with Crippen molar-refractivity contribution >= 4 is 23.9 Å². The quantitative estimate of drug-likeness (QED) is 0.112. The van der Waals surface area contributed by atoms with Crippen LogP contribution in [0.25, 0.3) is 0 Å². The van der Waals surface area contributed by atoms with Crippen LogP contribution in [0.2, 0.25) is 0 Å². The fourth-order valence-corrected chi connectivity index (χ4v) is 6.96. The smallest absolute Gasteiger partial charge is 0.851 e. The third-order valence-corrected chi connectivity index (χ3v) is 10.3. The van der Waals surface area contributed by atoms with Gasteiger partial charge in [-0.2, -0.15) is 0 Å². The molecule has 22 heteroatoms. The van der Waals surface area contributed by atoms with Crippen molar-refractivity contribution in [2.75, 3.05) is 151 Å². The second-order valence-corrected chi connectivity index (χ2v) is 15.5. The van der Waals surface area contributed by atoms with Crippen molar-refractivity contribution in [1.82, 2.24) is 39.2 Å². The first-order chi connectivity index (χ1) is 26.8. The average molecular weight is 1130 g/mol. The van der Waals surface area contributed by atoms with Gasteiger partial charge in [0.15, 0.2) is 0 Å². The van der Waals surface area contributed by atoms with E-state index in [0.717, 1.165) is 0 Å². The molecule has 0 spiro atoms. The molecule has 2 saturated heterocycles. The number of hydrogen-bond acceptors (Lipinski definition) is 18. The number of nitrogens with zero attached hydrogens (tertiary/aromatic N) is 8. The molecule has 2 aliphatic heterocycles. The van der Waals surface area contributed by atoms with E-state index in [9.17, 15) is 60.0 Å². The fourth-order valence-electron chi connectivity index (χ4n) is 6.96. The number of aliphatic hydroxyl groups is 2. The van der Waals surface area contributed by atoms with Crippen LogP contribution in [0.1, 0.15) is 34.6 Å². The van der Waals surface area contributed by atoms with Crippen LogP contribution in [-0.2, 0) is 19.2 Å². The molecule has 0 saturated carbocycles. The topological polar surface area (TPSA) is 267 Å². The van der Waals surface area contributed by atoms with Gasteiger partial charge in [0.2, 0.25) is 0 Å². The molecule has 0 amide bonds. The number of carboxylic acid groups (broad SMARTS) is 4. The first-order valence-electron chi connectivity index (χ1n) is 20.1. The van der Waals surface area contributed by atoms with Crippen molar-refractivity contribution in [3.8, 4) is 0 Å². The molecule has 2 heterocycles. The summed E-state index contributed by atoms with van der Waals surface area (Å²) in [6.45, 7) is 17.0. The summed E-state index contributed by atoms with van der Waals surface area (Å²) in [6.07, 6.45) is -2.17. The van der Waals surface area contributed by atoms with E-state index in [1.807, 2.05) is 28.5 Å². The zero-order valence-corrected chi connectivity index (χ0v) is 40.0. The van der Waals surface area contributed by atoms with E-state index in [4.69, 9.17) is 0 Å². The standard InChI is InChI=1S/C19H37N4O7.C18H35N4O5.2Gd/c1-15(2)22-7-3-20(11-18(27)28)5-9-23(16(13-24)17(26)14-25)10-6-21(4-8-22)12-19(29)30;1-15(2)22-10-8-20(13-17(24)25)6-4-19(12-16(3)23)5-7-21(9-11-22)14-18(26)27;;/h15-17,24-25H,3-14H2,1-2H3,(H,27,28)(H,29,30);15-16H,4-14H2,1-3H3,(H,24,25)(H,26,27);;/q2*-1;2*+3/p-2/t16-,17-;;;/m0.../s1. The van der Waals surface area contributed by atoms with Gasteiger partial charge in [-0.05, 0) is 34.2 Å². The van der Waals surface area contributed by atoms with Gasteiger partial charge in [0.1, 0.15) is 0 Å². The Hall–Kier alpha value is 0.0494. The molecule has 2 fully saturated rings. The summed E-state index contributed by atoms with van der Waals surface area (Å²) in [5.41, 5.74) is 0. The zero-order valence-electron chi connectivity index (χ0n) is 35.5. The number of aliphatic hydroxyl groups excluding tert-OH is 2. The number of carbonyl (C=O) groups is 4. The molecule has 2 aliphatic rings. The summed E-state index contributed by atoms with van der Waals surface area (Å²) in [7, 11) is 0. The molecule has 0 aliphatic carbocycles. The van der Waals surface area contributed by atoms with Crippen molar-refractivity contribution in [2.24, 2.45) is 0 Å². The predicted octanol–water partition coefficient (Wildman–Crippen LogP) is -7.27. The molecule has 0 aromatic heterocycles. The van der Waals surface area contributed by atoms with Crippen LogP contribution < -0.4 is 20.4 Å². The Labute approximate surface area is 414 Å². The molecule has 4 N–H and O–H groups in total. The Balaban J connectivity index is 0. The van der Waals surface area contributed by atoms with Crippen molar-refractivity contribution in [3.05, 3.63) is 0 Å². The van der Waals surface area contributed by atoms with E-state index in [1.54, 1.807) is 21.6 Å². The Morgan fingerprint density at radius 3 is 1.02 bits per heavy atom. The maximum atomic E-state index is 12.2. The van der Waals surface area contributed by atoms with E-state index in [2.05, 4.69) is 23.6 Å². The van der Waals surface area contributed by atoms with Gasteiger partial charge in [-0.3, -0.25) is 43.9 Å². The molecule has 0 bridgehead atoms. The minimum absolute atomic E-state index is 0. The summed E-state index contributed by atoms with van der Waals surface area (Å²) in [6, 6.07) is -0.353. The molecule has 2 radical (unpaired) electrons. The molecular formula is C37H70Gd2N8O12+2. The monoisotopic (exact) mass is 1130 g/mol. The first-order valence-corrected chi connectivity index (χ1v) is 20.1. The number of aliphatic carboxylic acids is 4. The summed E-state index contributed by atoms with van der Waals surface area (Å²) in [5.74, 6) is -4.09. The number of carboxylic acids is 4. The van der Waals surface area contributed by atoms with E-state index < -0.39 is 55.3 Å². The van der Waals surface area contributed by atoms with Crippen molar-refractivity contribution in [3.63, 3.8) is 0 Å². The van der Waals surface area contributed by atoms with Gasteiger partial charge in [0.25, 0.3) is 0 Å². The molecule has 0 aromatic carbocycles. The van der Waals surface area contributed by atoms with Crippen LogP contribution >= 0.6 is 0 Å². The maximum Gasteiger partial charge on any atom is 3.00 e. The summed E-state index contributed by atoms with van der Waals surface area (Å²) < 4.78 is 0. The van der Waals surface area contributed by atoms with Gasteiger partial charge in [-0.1, -0.05) is 13.0 Å². The third kappa shape index (κ3) is 28.5. The van der Waals surface area contributed by atoms with Gasteiger partial charge >= 0.3 is 91.8 Å². The molecule has 344 valence electrons. The number of rotatable bonds is 16. The van der Waals surface area contributed by atoms with Crippen LogP contribution in [-0.4, -0.2) is 264 Å². The Morgan fingerprint density at radius 1 is 0.475 bits per heavy atom. The maximum absolute atomic E-state index is 12.2. The number of hydrogen-bond donors (Lipinski definition) is 4. The first kappa shape index (κ1) is 61.1. The van der Waals surface area contributed by atoms with Gasteiger partial charge < -0.3 is 55.3 Å². The average Bonchev–Trinajstić information content (AvgIpc) is 3.10. The van der Waals surface area contributed by atoms with E-state index >= 15 is 0 Å². The second kappa shape index (κ2) is 34.5. The van der Waals surface area contributed by atoms with Crippen molar-refractivity contribution < 1.29 is 140 Å². The zero-order chi connectivity index (χ0) is 43.1. The van der Waals surface area contributed by atoms with Crippen LogP contribution in [0.5, 0.6) is 0 Å². The molecule has 1 unspecified atom stereocenters. The fraction of sp³-hybridized carbons (Fsp3) is 0.892. The van der Waals surface area contributed by atoms with E-state index in [1.165, 1.54) is 0 Å². The summed E-state index contributed by atoms with van der Waals surface area (Å²) >= 11 is 0. The minimum atomic E-state index is -1.41. The summed E-state index contributed by atoms with van der Waals surface area (Å²) in [4.78, 5) is 60.1. The van der Waals surface area contributed by atoms with Gasteiger partial charge in [-0.25, -0.2) is 0 Å². The molecule has 59 heavy (non-hydrogen) atoms. The van der Waals surface area contributed by atoms with Crippen LogP contribution in [0, 0.1) is 79.9 Å². The Kier molecular flexibility index (Phi) is 35.7. The molecule has 0 aromatic rings. The third-order valence-electron chi connectivity index (χ3n) is 10.3. The molecular weight excluding hydrogens is 1060 g/mol. The van der Waals surface area contributed by atoms with E-state index in [-0.39, 0.29) is 118 Å². The van der Waals surface area contributed by atoms with Crippen LogP contribution in [0.4, 0.5) is 0 Å². The number of carbonyl (C=O) groups excluding carboxylic acids is 2. The minimum Gasteiger partial charge on any atom is -0.851 e. The van der Waals surface area contributed by atoms with Crippen LogP contribution in [0.3, 0.4) is 0 Å². The summed E-state index contributed by atoms with van der Waals surface area (Å²) in [5, 5.41) is 83.4. The van der Waals surface area contributed by atoms with Crippen molar-refractivity contribution in [1.29, 1.82) is 0 Å². The van der Waals surface area contributed by atoms with Gasteiger partial charge in [0, 0.05) is 143 Å². The molecule has 3 atom stereocenters. The Bertz CT molecular complexity index is 1100. The van der Waals surface area contributed by atoms with Gasteiger partial charge in [0.05, 0.1) is 31.6 Å². The largest absolute Gasteiger partial charge is 3.00 e. The van der Waals surface area contributed by atoms with Gasteiger partial charge in [-0.15, -0.1) is 6.10 Å². The normalized spacial score (nSPS) is 20.9. The van der Waals surface area contributed by atoms with Crippen molar-refractivity contribution in [2.45, 2.75) is 65.0 Å². The Morgan fingerprint density at radius 2 is 0.763 bits per heavy atom. The predicted molar refractivity (Wildman–Crippen MR) is 204 cm³/mol. The van der Waals surface area contributed by atoms with Crippen LogP contribution in [0.15, 0.2) is 0 Å². The molecule has 20 nitrogen and oxygen atoms in total. The SMILES string of the molecule is CC(C)N1CCN(CC(=O)[O-])CCN([C@@H](CO)[C@@H]([O-])CO)CCN(CC(=O)O)CC1.CC([O-])CN1CCN(CC(=O)[O-])CCN(C(C)C)CCN(CC(=O)O)CC1.[Gd+3].[Gd+3]. The molecule has 2 rings (SSSR count). The second-order valence-electron chi connectivity index (χ2n) is 15.5. The van der Waals surface area contributed by atoms with E-state index in [0.29, 0.717) is 111 Å².